The molecule has 4 aliphatic carbocycles. The fraction of sp³-hybridized carbons (Fsp3) is 0.907. The van der Waals surface area contributed by atoms with Gasteiger partial charge < -0.3 is 24.2 Å². The topological polar surface area (TPSA) is 79.2 Å². The number of rotatable bonds is 15. The van der Waals surface area contributed by atoms with E-state index >= 15 is 0 Å². The highest BCUT2D eigenvalue weighted by atomic mass is 32.2. The van der Waals surface area contributed by atoms with Crippen molar-refractivity contribution in [3.8, 4) is 0 Å². The van der Waals surface area contributed by atoms with Crippen LogP contribution in [0.5, 0.6) is 0 Å². The lowest BCUT2D eigenvalue weighted by atomic mass is 9.50. The van der Waals surface area contributed by atoms with Gasteiger partial charge in [-0.3, -0.25) is 0 Å². The lowest BCUT2D eigenvalue weighted by Crippen LogP contribution is -2.57. The number of thioether (sulfide) groups is 2. The Morgan fingerprint density at radius 3 is 1.79 bits per heavy atom. The molecule has 0 spiro atoms. The standard InChI is InChI=1S/C43H80O5S2Si2/c1-16-30-18-20-33-32-19-17-31-27-35(49-25-23-40(8,45)28-47-51(12,13)38(2,3)4)36(44)37(43(31,11)34(32)21-22-42(30,33)10)50-26-24-41(9,46)29-48-52(14,15)39(5,6)7/h17,19,30,33-37,44-46H,16,18,20-29H2,1-15H3/t30-,33-,34-,35?,36?,37?,40?,41?,42+,43-/m0/s1. The first kappa shape index (κ1) is 45.1. The number of aliphatic hydroxyl groups excluding tert-OH is 1. The molecule has 0 heterocycles. The number of aliphatic hydroxyl groups is 3. The molecular weight excluding hydrogens is 717 g/mol. The fourth-order valence-corrected chi connectivity index (χ4v) is 15.0. The molecule has 0 radical (unpaired) electrons. The van der Waals surface area contributed by atoms with Crippen molar-refractivity contribution in [3.05, 3.63) is 23.3 Å². The first-order valence-electron chi connectivity index (χ1n) is 20.7. The second kappa shape index (κ2) is 16.0. The van der Waals surface area contributed by atoms with E-state index in [-0.39, 0.29) is 26.0 Å². The summed E-state index contributed by atoms with van der Waals surface area (Å²) >= 11 is 3.73. The SMILES string of the molecule is CC[C@H]1CC[C@H]2C3=CC=C4CC(SCCC(C)(O)CO[Si](C)(C)C(C)(C)C)C(O)C(SCCC(C)(O)CO[Si](C)(C)C(C)(C)C)[C@]4(C)[C@H]3CC[C@]12C. The van der Waals surface area contributed by atoms with Crippen LogP contribution in [0.2, 0.25) is 36.3 Å². The molecule has 0 aromatic heterocycles. The highest BCUT2D eigenvalue weighted by molar-refractivity contribution is 8.01. The molecule has 0 saturated heterocycles. The Hall–Kier alpha value is 0.414. The molecule has 302 valence electrons. The minimum Gasteiger partial charge on any atom is -0.414 e. The number of allylic oxidation sites excluding steroid dienone is 4. The summed E-state index contributed by atoms with van der Waals surface area (Å²) in [7, 11) is -3.95. The maximum atomic E-state index is 12.4. The molecule has 52 heavy (non-hydrogen) atoms. The zero-order chi connectivity index (χ0) is 39.3. The summed E-state index contributed by atoms with van der Waals surface area (Å²) in [5, 5.41) is 35.7. The number of fused-ring (bicyclic) bond motifs is 5. The van der Waals surface area contributed by atoms with E-state index in [0.29, 0.717) is 43.3 Å². The van der Waals surface area contributed by atoms with E-state index in [2.05, 4.69) is 101 Å². The van der Waals surface area contributed by atoms with Gasteiger partial charge in [0.1, 0.15) is 0 Å². The normalized spacial score (nSPS) is 35.1. The average Bonchev–Trinajstić information content (AvgIpc) is 3.36. The van der Waals surface area contributed by atoms with Gasteiger partial charge in [0.05, 0.1) is 30.5 Å². The zero-order valence-electron chi connectivity index (χ0n) is 36.1. The summed E-state index contributed by atoms with van der Waals surface area (Å²) in [5.74, 6) is 3.46. The molecule has 3 saturated carbocycles. The van der Waals surface area contributed by atoms with E-state index in [1.807, 2.05) is 37.4 Å². The Balaban J connectivity index is 1.53. The van der Waals surface area contributed by atoms with Crippen molar-refractivity contribution in [2.75, 3.05) is 24.7 Å². The van der Waals surface area contributed by atoms with Gasteiger partial charge in [-0.2, -0.15) is 23.5 Å². The molecule has 4 aliphatic rings. The van der Waals surface area contributed by atoms with Gasteiger partial charge in [0.25, 0.3) is 0 Å². The lowest BCUT2D eigenvalue weighted by Gasteiger charge is -2.58. The van der Waals surface area contributed by atoms with Crippen molar-refractivity contribution in [3.63, 3.8) is 0 Å². The predicted octanol–water partition coefficient (Wildman–Crippen LogP) is 11.0. The van der Waals surface area contributed by atoms with Crippen molar-refractivity contribution in [2.24, 2.45) is 28.6 Å². The third kappa shape index (κ3) is 9.40. The summed E-state index contributed by atoms with van der Waals surface area (Å²) in [6.45, 7) is 34.4. The van der Waals surface area contributed by atoms with Gasteiger partial charge in [-0.05, 0) is 130 Å². The van der Waals surface area contributed by atoms with Crippen molar-refractivity contribution < 1.29 is 24.2 Å². The Labute approximate surface area is 331 Å². The molecule has 9 heteroatoms. The van der Waals surface area contributed by atoms with E-state index in [1.165, 1.54) is 37.7 Å². The average molecular weight is 797 g/mol. The van der Waals surface area contributed by atoms with Crippen molar-refractivity contribution in [2.45, 2.75) is 192 Å². The highest BCUT2D eigenvalue weighted by Gasteiger charge is 2.60. The van der Waals surface area contributed by atoms with Gasteiger partial charge in [0.15, 0.2) is 16.6 Å². The number of hydrogen-bond donors (Lipinski definition) is 3. The summed E-state index contributed by atoms with van der Waals surface area (Å²) < 4.78 is 12.9. The van der Waals surface area contributed by atoms with Crippen LogP contribution in [0.1, 0.15) is 128 Å². The van der Waals surface area contributed by atoms with Gasteiger partial charge in [0.2, 0.25) is 0 Å². The molecule has 10 atom stereocenters. The van der Waals surface area contributed by atoms with E-state index in [0.717, 1.165) is 23.8 Å². The summed E-state index contributed by atoms with van der Waals surface area (Å²) in [6, 6.07) is 0. The van der Waals surface area contributed by atoms with Crippen LogP contribution in [0.25, 0.3) is 0 Å². The van der Waals surface area contributed by atoms with Crippen molar-refractivity contribution in [1.82, 2.24) is 0 Å². The smallest absolute Gasteiger partial charge is 0.192 e. The van der Waals surface area contributed by atoms with Gasteiger partial charge in [0, 0.05) is 15.9 Å². The Bertz CT molecular complexity index is 1300. The Morgan fingerprint density at radius 1 is 0.769 bits per heavy atom. The zero-order valence-corrected chi connectivity index (χ0v) is 39.7. The van der Waals surface area contributed by atoms with Crippen LogP contribution in [-0.4, -0.2) is 84.5 Å². The maximum Gasteiger partial charge on any atom is 0.192 e. The third-order valence-corrected chi connectivity index (χ3v) is 27.2. The minimum absolute atomic E-state index is 0.0333. The van der Waals surface area contributed by atoms with Crippen LogP contribution in [0.3, 0.4) is 0 Å². The molecule has 0 bridgehead atoms. The van der Waals surface area contributed by atoms with Gasteiger partial charge in [-0.15, -0.1) is 0 Å². The van der Waals surface area contributed by atoms with Crippen LogP contribution in [0.15, 0.2) is 23.3 Å². The molecule has 5 unspecified atom stereocenters. The summed E-state index contributed by atoms with van der Waals surface area (Å²) in [4.78, 5) is 0. The van der Waals surface area contributed by atoms with Crippen LogP contribution in [0, 0.1) is 28.6 Å². The lowest BCUT2D eigenvalue weighted by molar-refractivity contribution is 0.00425. The number of hydrogen-bond acceptors (Lipinski definition) is 7. The van der Waals surface area contributed by atoms with Crippen molar-refractivity contribution in [1.29, 1.82) is 0 Å². The summed E-state index contributed by atoms with van der Waals surface area (Å²) in [5.41, 5.74) is 1.60. The first-order valence-corrected chi connectivity index (χ1v) is 28.6. The minimum atomic E-state index is -1.98. The predicted molar refractivity (Wildman–Crippen MR) is 232 cm³/mol. The highest BCUT2D eigenvalue weighted by Crippen LogP contribution is 2.67. The first-order chi connectivity index (χ1) is 23.6. The van der Waals surface area contributed by atoms with Gasteiger partial charge in [-0.25, -0.2) is 0 Å². The molecule has 3 fully saturated rings. The van der Waals surface area contributed by atoms with E-state index in [1.54, 1.807) is 5.57 Å². The molecular formula is C43H80O5S2Si2. The molecule has 4 rings (SSSR count). The molecule has 0 aromatic rings. The molecule has 3 N–H and O–H groups in total. The van der Waals surface area contributed by atoms with Crippen LogP contribution < -0.4 is 0 Å². The van der Waals surface area contributed by atoms with Crippen LogP contribution in [-0.2, 0) is 8.85 Å². The molecule has 0 aromatic carbocycles. The Kier molecular flexibility index (Phi) is 13.9. The molecule has 0 amide bonds. The van der Waals surface area contributed by atoms with E-state index < -0.39 is 33.9 Å². The van der Waals surface area contributed by atoms with E-state index in [4.69, 9.17) is 8.85 Å². The van der Waals surface area contributed by atoms with E-state index in [9.17, 15) is 15.3 Å². The molecule has 5 nitrogen and oxygen atoms in total. The second-order valence-electron chi connectivity index (χ2n) is 21.5. The van der Waals surface area contributed by atoms with Crippen LogP contribution >= 0.6 is 23.5 Å². The second-order valence-corrected chi connectivity index (χ2v) is 33.7. The largest absolute Gasteiger partial charge is 0.414 e. The maximum absolute atomic E-state index is 12.4. The van der Waals surface area contributed by atoms with Crippen molar-refractivity contribution >= 4 is 40.2 Å². The quantitative estimate of drug-likeness (QED) is 0.142. The Morgan fingerprint density at radius 2 is 1.29 bits per heavy atom. The van der Waals surface area contributed by atoms with Gasteiger partial charge >= 0.3 is 0 Å². The van der Waals surface area contributed by atoms with Crippen LogP contribution in [0.4, 0.5) is 0 Å². The molecule has 0 aliphatic heterocycles. The monoisotopic (exact) mass is 796 g/mol. The summed E-state index contributed by atoms with van der Waals surface area (Å²) in [6.07, 6.45) is 13.0. The van der Waals surface area contributed by atoms with Gasteiger partial charge in [-0.1, -0.05) is 92.0 Å². The fourth-order valence-electron chi connectivity index (χ4n) is 9.32. The third-order valence-electron chi connectivity index (χ3n) is 15.4.